The van der Waals surface area contributed by atoms with Gasteiger partial charge in [0.2, 0.25) is 5.91 Å². The summed E-state index contributed by atoms with van der Waals surface area (Å²) in [6.07, 6.45) is 7.61. The molecule has 1 saturated carbocycles. The lowest BCUT2D eigenvalue weighted by Crippen LogP contribution is -2.33. The van der Waals surface area contributed by atoms with Crippen molar-refractivity contribution in [3.63, 3.8) is 0 Å². The van der Waals surface area contributed by atoms with Crippen LogP contribution in [-0.4, -0.2) is 47.2 Å². The van der Waals surface area contributed by atoms with E-state index in [-0.39, 0.29) is 17.9 Å². The zero-order valence-electron chi connectivity index (χ0n) is 13.9. The predicted molar refractivity (Wildman–Crippen MR) is 88.5 cm³/mol. The molecule has 6 nitrogen and oxygen atoms in total. The number of nitrogens with zero attached hydrogens (tertiary/aromatic N) is 2. The Kier molecular flexibility index (Phi) is 5.10. The van der Waals surface area contributed by atoms with Crippen molar-refractivity contribution in [1.29, 1.82) is 0 Å². The molecule has 2 aliphatic carbocycles. The normalized spacial score (nSPS) is 16.9. The first-order chi connectivity index (χ1) is 11.1. The zero-order chi connectivity index (χ0) is 16.2. The van der Waals surface area contributed by atoms with Crippen LogP contribution < -0.4 is 10.9 Å². The van der Waals surface area contributed by atoms with Crippen LogP contribution in [0.25, 0.3) is 0 Å². The third-order valence-corrected chi connectivity index (χ3v) is 4.81. The summed E-state index contributed by atoms with van der Waals surface area (Å²) in [5.74, 6) is 0.0729. The summed E-state index contributed by atoms with van der Waals surface area (Å²) in [6.45, 7) is 1.72. The fourth-order valence-electron chi connectivity index (χ4n) is 3.19. The summed E-state index contributed by atoms with van der Waals surface area (Å²) in [4.78, 5) is 26.0. The number of likely N-dealkylation sites (N-methyl/N-ethyl adjacent to an activating group) is 1. The third-order valence-electron chi connectivity index (χ3n) is 4.81. The Hall–Kier alpha value is -1.69. The van der Waals surface area contributed by atoms with E-state index in [1.807, 2.05) is 7.05 Å². The van der Waals surface area contributed by atoms with Gasteiger partial charge in [0.1, 0.15) is 0 Å². The van der Waals surface area contributed by atoms with Gasteiger partial charge in [0.15, 0.2) is 0 Å². The average molecular weight is 318 g/mol. The van der Waals surface area contributed by atoms with Crippen LogP contribution in [0.4, 0.5) is 0 Å². The highest BCUT2D eigenvalue weighted by Crippen LogP contribution is 2.20. The molecule has 0 unspecified atom stereocenters. The Bertz CT molecular complexity index is 622. The quantitative estimate of drug-likeness (QED) is 0.729. The summed E-state index contributed by atoms with van der Waals surface area (Å²) >= 11 is 0. The van der Waals surface area contributed by atoms with Gasteiger partial charge in [0.25, 0.3) is 5.56 Å². The van der Waals surface area contributed by atoms with Gasteiger partial charge in [-0.25, -0.2) is 5.10 Å². The Labute approximate surface area is 136 Å². The van der Waals surface area contributed by atoms with Gasteiger partial charge < -0.3 is 10.2 Å². The maximum absolute atomic E-state index is 12.4. The standard InChI is InChI=1S/C17H26N4O2/c1-21(10-4-9-18-12-7-8-12)16(22)11-15-13-5-2-3-6-14(13)17(23)20-19-15/h12,18H,2-11H2,1H3,(H,20,23). The maximum atomic E-state index is 12.4. The molecule has 6 heteroatoms. The minimum absolute atomic E-state index is 0.0729. The van der Waals surface area contributed by atoms with Gasteiger partial charge in [0.05, 0.1) is 12.1 Å². The van der Waals surface area contributed by atoms with E-state index in [2.05, 4.69) is 15.5 Å². The van der Waals surface area contributed by atoms with E-state index in [9.17, 15) is 9.59 Å². The number of hydrogen-bond acceptors (Lipinski definition) is 4. The van der Waals surface area contributed by atoms with Gasteiger partial charge in [-0.1, -0.05) is 0 Å². The van der Waals surface area contributed by atoms with E-state index in [0.717, 1.165) is 62.0 Å². The van der Waals surface area contributed by atoms with E-state index in [0.29, 0.717) is 6.04 Å². The zero-order valence-corrected chi connectivity index (χ0v) is 13.9. The second-order valence-corrected chi connectivity index (χ2v) is 6.74. The minimum atomic E-state index is -0.0876. The van der Waals surface area contributed by atoms with E-state index in [1.54, 1.807) is 4.90 Å². The molecule has 2 aliphatic rings. The number of aromatic amines is 1. The highest BCUT2D eigenvalue weighted by molar-refractivity contribution is 5.78. The van der Waals surface area contributed by atoms with Crippen LogP contribution in [0.5, 0.6) is 0 Å². The highest BCUT2D eigenvalue weighted by atomic mass is 16.2. The van der Waals surface area contributed by atoms with Crippen LogP contribution in [0.15, 0.2) is 4.79 Å². The summed E-state index contributed by atoms with van der Waals surface area (Å²) in [5, 5.41) is 10.2. The number of nitrogens with one attached hydrogen (secondary N) is 2. The molecule has 0 saturated heterocycles. The van der Waals surface area contributed by atoms with Crippen molar-refractivity contribution < 1.29 is 4.79 Å². The summed E-state index contributed by atoms with van der Waals surface area (Å²) in [5.41, 5.74) is 2.52. The Morgan fingerprint density at radius 2 is 2.04 bits per heavy atom. The van der Waals surface area contributed by atoms with Crippen molar-refractivity contribution in [3.05, 3.63) is 27.2 Å². The fraction of sp³-hybridized carbons (Fsp3) is 0.706. The van der Waals surface area contributed by atoms with Crippen LogP contribution in [0.2, 0.25) is 0 Å². The Morgan fingerprint density at radius 1 is 1.30 bits per heavy atom. The number of fused-ring (bicyclic) bond motifs is 1. The highest BCUT2D eigenvalue weighted by Gasteiger charge is 2.21. The van der Waals surface area contributed by atoms with Crippen LogP contribution in [-0.2, 0) is 24.1 Å². The van der Waals surface area contributed by atoms with E-state index in [1.165, 1.54) is 12.8 Å². The number of aromatic nitrogens is 2. The summed E-state index contributed by atoms with van der Waals surface area (Å²) in [6, 6.07) is 0.716. The van der Waals surface area contributed by atoms with E-state index < -0.39 is 0 Å². The fourth-order valence-corrected chi connectivity index (χ4v) is 3.19. The van der Waals surface area contributed by atoms with Crippen LogP contribution in [0.3, 0.4) is 0 Å². The van der Waals surface area contributed by atoms with Crippen molar-refractivity contribution >= 4 is 5.91 Å². The summed E-state index contributed by atoms with van der Waals surface area (Å²) in [7, 11) is 1.84. The predicted octanol–water partition coefficient (Wildman–Crippen LogP) is 0.792. The second kappa shape index (κ2) is 7.25. The molecule has 1 aromatic rings. The van der Waals surface area contributed by atoms with Crippen LogP contribution in [0.1, 0.15) is 48.9 Å². The largest absolute Gasteiger partial charge is 0.345 e. The molecule has 0 aliphatic heterocycles. The van der Waals surface area contributed by atoms with Crippen molar-refractivity contribution in [2.24, 2.45) is 0 Å². The molecule has 0 radical (unpaired) electrons. The molecule has 1 aromatic heterocycles. The third kappa shape index (κ3) is 4.19. The van der Waals surface area contributed by atoms with Crippen molar-refractivity contribution in [2.75, 3.05) is 20.1 Å². The van der Waals surface area contributed by atoms with E-state index >= 15 is 0 Å². The lowest BCUT2D eigenvalue weighted by Gasteiger charge is -2.20. The number of amides is 1. The van der Waals surface area contributed by atoms with Gasteiger partial charge in [-0.2, -0.15) is 5.10 Å². The van der Waals surface area contributed by atoms with Crippen LogP contribution >= 0.6 is 0 Å². The minimum Gasteiger partial charge on any atom is -0.345 e. The number of hydrogen-bond donors (Lipinski definition) is 2. The van der Waals surface area contributed by atoms with Crippen molar-refractivity contribution in [2.45, 2.75) is 57.4 Å². The SMILES string of the molecule is CN(CCCNC1CC1)C(=O)Cc1n[nH]c(=O)c2c1CCCC2. The van der Waals surface area contributed by atoms with Gasteiger partial charge in [-0.15, -0.1) is 0 Å². The van der Waals surface area contributed by atoms with Crippen molar-refractivity contribution in [3.8, 4) is 0 Å². The van der Waals surface area contributed by atoms with Crippen molar-refractivity contribution in [1.82, 2.24) is 20.4 Å². The monoisotopic (exact) mass is 318 g/mol. The van der Waals surface area contributed by atoms with Gasteiger partial charge >= 0.3 is 0 Å². The van der Waals surface area contributed by atoms with Gasteiger partial charge in [0, 0.05) is 25.2 Å². The molecule has 0 aromatic carbocycles. The number of carbonyl (C=O) groups excluding carboxylic acids is 1. The Morgan fingerprint density at radius 3 is 2.78 bits per heavy atom. The molecule has 1 fully saturated rings. The van der Waals surface area contributed by atoms with Gasteiger partial charge in [-0.3, -0.25) is 9.59 Å². The molecule has 3 rings (SSSR count). The number of H-pyrrole nitrogens is 1. The lowest BCUT2D eigenvalue weighted by molar-refractivity contribution is -0.129. The molecular formula is C17H26N4O2. The molecular weight excluding hydrogens is 292 g/mol. The molecule has 1 heterocycles. The second-order valence-electron chi connectivity index (χ2n) is 6.74. The maximum Gasteiger partial charge on any atom is 0.267 e. The lowest BCUT2D eigenvalue weighted by atomic mass is 9.91. The molecule has 126 valence electrons. The molecule has 0 spiro atoms. The number of carbonyl (C=O) groups is 1. The van der Waals surface area contributed by atoms with E-state index in [4.69, 9.17) is 0 Å². The first-order valence-electron chi connectivity index (χ1n) is 8.72. The van der Waals surface area contributed by atoms with Crippen LogP contribution in [0, 0.1) is 0 Å². The molecule has 0 atom stereocenters. The summed E-state index contributed by atoms with van der Waals surface area (Å²) < 4.78 is 0. The first kappa shape index (κ1) is 16.2. The number of rotatable bonds is 7. The van der Waals surface area contributed by atoms with Gasteiger partial charge in [-0.05, 0) is 57.1 Å². The Balaban J connectivity index is 1.55. The smallest absolute Gasteiger partial charge is 0.267 e. The molecule has 1 amide bonds. The topological polar surface area (TPSA) is 78.1 Å². The molecule has 2 N–H and O–H groups in total. The average Bonchev–Trinajstić information content (AvgIpc) is 3.38. The first-order valence-corrected chi connectivity index (χ1v) is 8.72. The molecule has 0 bridgehead atoms. The molecule has 23 heavy (non-hydrogen) atoms.